The summed E-state index contributed by atoms with van der Waals surface area (Å²) in [6, 6.07) is 7.44. The number of amidine groups is 1. The molecule has 3 aliphatic rings. The van der Waals surface area contributed by atoms with Crippen LogP contribution in [0.2, 0.25) is 5.02 Å². The maximum Gasteiger partial charge on any atom is 0.311 e. The number of halogens is 1. The van der Waals surface area contributed by atoms with E-state index in [-0.39, 0.29) is 4.59 Å². The maximum atomic E-state index is 6.50. The Labute approximate surface area is 138 Å². The fourth-order valence-electron chi connectivity index (χ4n) is 2.47. The van der Waals surface area contributed by atoms with Gasteiger partial charge in [-0.25, -0.2) is 0 Å². The van der Waals surface area contributed by atoms with E-state index < -0.39 is 0 Å². The minimum atomic E-state index is -0.0680. The van der Waals surface area contributed by atoms with Gasteiger partial charge >= 0.3 is 5.84 Å². The van der Waals surface area contributed by atoms with Crippen molar-refractivity contribution < 1.29 is 4.59 Å². The van der Waals surface area contributed by atoms with Crippen molar-refractivity contribution in [3.05, 3.63) is 82.4 Å². The van der Waals surface area contributed by atoms with E-state index >= 15 is 0 Å². The quantitative estimate of drug-likeness (QED) is 0.483. The van der Waals surface area contributed by atoms with E-state index in [2.05, 4.69) is 21.8 Å². The van der Waals surface area contributed by atoms with E-state index in [0.29, 0.717) is 10.9 Å². The topological polar surface area (TPSA) is 50.7 Å². The lowest BCUT2D eigenvalue weighted by atomic mass is 10.0. The molecule has 4 rings (SSSR count). The lowest BCUT2D eigenvalue weighted by Gasteiger charge is -2.23. The van der Waals surface area contributed by atoms with Gasteiger partial charge in [0.05, 0.1) is 17.4 Å². The molecular formula is C18H12ClN4+. The fourth-order valence-corrected chi connectivity index (χ4v) is 2.65. The number of rotatable bonds is 1. The molecule has 2 aliphatic heterocycles. The summed E-state index contributed by atoms with van der Waals surface area (Å²) in [5.74, 6) is 13.2. The third kappa shape index (κ3) is 2.19. The molecule has 0 radical (unpaired) electrons. The molecule has 1 atom stereocenters. The number of quaternary nitrogens is 1. The summed E-state index contributed by atoms with van der Waals surface area (Å²) in [4.78, 5) is 8.81. The molecule has 0 amide bonds. The van der Waals surface area contributed by atoms with Crippen molar-refractivity contribution in [1.29, 1.82) is 0 Å². The van der Waals surface area contributed by atoms with E-state index in [4.69, 9.17) is 17.4 Å². The third-order valence-electron chi connectivity index (χ3n) is 3.80. The highest BCUT2D eigenvalue weighted by Gasteiger charge is 2.43. The average Bonchev–Trinajstić information content (AvgIpc) is 2.78. The second-order valence-electron chi connectivity index (χ2n) is 5.23. The normalized spacial score (nSPS) is 23.7. The SMILES string of the molecule is N[N+]12C=CN=CC1=C(C1=CC=C1)N=C2C#Cc1ccccc1Cl. The van der Waals surface area contributed by atoms with Crippen LogP contribution in [0.25, 0.3) is 0 Å². The summed E-state index contributed by atoms with van der Waals surface area (Å²) in [6.45, 7) is 0. The molecule has 2 heterocycles. The molecule has 2 N–H and O–H groups in total. The number of hydrogen-bond donors (Lipinski definition) is 1. The summed E-state index contributed by atoms with van der Waals surface area (Å²) >= 11 is 6.15. The summed E-state index contributed by atoms with van der Waals surface area (Å²) in [5, 5.41) is 0.607. The van der Waals surface area contributed by atoms with Gasteiger partial charge in [-0.05, 0) is 12.1 Å². The first kappa shape index (κ1) is 13.9. The van der Waals surface area contributed by atoms with Crippen LogP contribution >= 0.6 is 11.6 Å². The van der Waals surface area contributed by atoms with Gasteiger partial charge in [0.15, 0.2) is 0 Å². The van der Waals surface area contributed by atoms with Gasteiger partial charge in [-0.15, -0.1) is 4.59 Å². The largest absolute Gasteiger partial charge is 0.311 e. The Morgan fingerprint density at radius 3 is 2.74 bits per heavy atom. The molecule has 0 bridgehead atoms. The molecule has 23 heavy (non-hydrogen) atoms. The monoisotopic (exact) mass is 319 g/mol. The van der Waals surface area contributed by atoms with E-state index in [9.17, 15) is 0 Å². The van der Waals surface area contributed by atoms with Crippen molar-refractivity contribution in [1.82, 2.24) is 0 Å². The maximum absolute atomic E-state index is 6.50. The van der Waals surface area contributed by atoms with Gasteiger partial charge in [0.25, 0.3) is 0 Å². The highest BCUT2D eigenvalue weighted by Crippen LogP contribution is 2.34. The number of nitrogens with zero attached hydrogens (tertiary/aromatic N) is 3. The molecule has 5 heteroatoms. The Bertz CT molecular complexity index is 951. The fraction of sp³-hybridized carbons (Fsp3) is 0. The summed E-state index contributed by atoms with van der Waals surface area (Å²) < 4.78 is -0.0680. The number of hydrogen-bond acceptors (Lipinski definition) is 3. The highest BCUT2D eigenvalue weighted by molar-refractivity contribution is 6.31. The number of nitrogens with two attached hydrogens (primary N) is 1. The summed E-state index contributed by atoms with van der Waals surface area (Å²) in [7, 11) is 0. The predicted octanol–water partition coefficient (Wildman–Crippen LogP) is 3.06. The van der Waals surface area contributed by atoms with Crippen LogP contribution in [0.5, 0.6) is 0 Å². The van der Waals surface area contributed by atoms with Gasteiger partial charge in [0, 0.05) is 17.1 Å². The first-order valence-electron chi connectivity index (χ1n) is 7.06. The summed E-state index contributed by atoms with van der Waals surface area (Å²) in [6.07, 6.45) is 11.1. The lowest BCUT2D eigenvalue weighted by molar-refractivity contribution is -0.749. The zero-order chi connectivity index (χ0) is 15.9. The molecule has 1 aromatic rings. The van der Waals surface area contributed by atoms with Gasteiger partial charge in [-0.1, -0.05) is 47.9 Å². The molecule has 0 fully saturated rings. The van der Waals surface area contributed by atoms with Gasteiger partial charge in [0.1, 0.15) is 11.9 Å². The van der Waals surface area contributed by atoms with Crippen molar-refractivity contribution in [2.75, 3.05) is 0 Å². The molecule has 4 nitrogen and oxygen atoms in total. The van der Waals surface area contributed by atoms with Crippen LogP contribution < -0.4 is 5.84 Å². The third-order valence-corrected chi connectivity index (χ3v) is 4.13. The Balaban J connectivity index is 1.78. The van der Waals surface area contributed by atoms with Crippen molar-refractivity contribution in [3.63, 3.8) is 0 Å². The van der Waals surface area contributed by atoms with Crippen LogP contribution in [-0.4, -0.2) is 16.6 Å². The second-order valence-corrected chi connectivity index (χ2v) is 5.64. The molecule has 0 saturated carbocycles. The molecule has 0 aromatic heterocycles. The zero-order valence-electron chi connectivity index (χ0n) is 12.1. The summed E-state index contributed by atoms with van der Waals surface area (Å²) in [5.41, 5.74) is 3.40. The smallest absolute Gasteiger partial charge is 0.253 e. The van der Waals surface area contributed by atoms with Gasteiger partial charge in [-0.2, -0.15) is 10.8 Å². The van der Waals surface area contributed by atoms with Crippen LogP contribution in [0.15, 0.2) is 81.8 Å². The van der Waals surface area contributed by atoms with Crippen molar-refractivity contribution in [3.8, 4) is 11.8 Å². The number of benzene rings is 1. The van der Waals surface area contributed by atoms with Crippen molar-refractivity contribution in [2.24, 2.45) is 15.8 Å². The van der Waals surface area contributed by atoms with Crippen LogP contribution in [0, 0.1) is 11.8 Å². The first-order chi connectivity index (χ1) is 11.2. The Morgan fingerprint density at radius 2 is 2.00 bits per heavy atom. The minimum Gasteiger partial charge on any atom is -0.253 e. The molecule has 0 spiro atoms. The number of fused-ring (bicyclic) bond motifs is 1. The predicted molar refractivity (Wildman–Crippen MR) is 92.1 cm³/mol. The van der Waals surface area contributed by atoms with E-state index in [1.165, 1.54) is 0 Å². The van der Waals surface area contributed by atoms with Gasteiger partial charge in [-0.3, -0.25) is 4.99 Å². The Kier molecular flexibility index (Phi) is 3.14. The van der Waals surface area contributed by atoms with E-state index in [1.807, 2.05) is 36.4 Å². The van der Waals surface area contributed by atoms with E-state index in [0.717, 1.165) is 22.5 Å². The van der Waals surface area contributed by atoms with E-state index in [1.54, 1.807) is 24.7 Å². The van der Waals surface area contributed by atoms with Gasteiger partial charge in [0.2, 0.25) is 5.70 Å². The lowest BCUT2D eigenvalue weighted by Crippen LogP contribution is -2.52. The molecule has 1 aliphatic carbocycles. The number of allylic oxidation sites excluding steroid dienone is 4. The average molecular weight is 320 g/mol. The van der Waals surface area contributed by atoms with Gasteiger partial charge < -0.3 is 0 Å². The molecule has 110 valence electrons. The minimum absolute atomic E-state index is 0.0680. The molecular weight excluding hydrogens is 308 g/mol. The molecule has 1 aromatic carbocycles. The van der Waals surface area contributed by atoms with Crippen molar-refractivity contribution in [2.45, 2.75) is 0 Å². The van der Waals surface area contributed by atoms with Crippen LogP contribution in [0.4, 0.5) is 0 Å². The first-order valence-corrected chi connectivity index (χ1v) is 7.44. The standard InChI is InChI=1S/C18H12ClN4/c19-15-7-2-1-4-13(15)8-9-17-22-18(14-5-3-6-14)16-12-21-10-11-23(16,17)20/h1-7,10-12H,20H2/q+1. The van der Waals surface area contributed by atoms with Crippen LogP contribution in [0.1, 0.15) is 5.56 Å². The molecule has 1 unspecified atom stereocenters. The zero-order valence-corrected chi connectivity index (χ0v) is 12.8. The van der Waals surface area contributed by atoms with Crippen LogP contribution in [0.3, 0.4) is 0 Å². The highest BCUT2D eigenvalue weighted by atomic mass is 35.5. The van der Waals surface area contributed by atoms with Crippen molar-refractivity contribution >= 4 is 23.7 Å². The Morgan fingerprint density at radius 1 is 1.17 bits per heavy atom. The molecule has 0 saturated heterocycles. The number of aliphatic imine (C=N–C) groups is 2. The second kappa shape index (κ2) is 5.18. The van der Waals surface area contributed by atoms with Crippen LogP contribution in [-0.2, 0) is 0 Å². The Hall–Kier alpha value is -2.71.